The van der Waals surface area contributed by atoms with Crippen LogP contribution in [0.2, 0.25) is 0 Å². The molecule has 1 fully saturated rings. The largest absolute Gasteiger partial charge is 0.376 e. The first kappa shape index (κ1) is 18.5. The van der Waals surface area contributed by atoms with Crippen molar-refractivity contribution >= 4 is 37.5 Å². The van der Waals surface area contributed by atoms with Gasteiger partial charge in [-0.05, 0) is 37.1 Å². The molecular formula is C19H19BrN2O4S. The van der Waals surface area contributed by atoms with Crippen molar-refractivity contribution in [2.24, 2.45) is 0 Å². The molecular weight excluding hydrogens is 432 g/mol. The van der Waals surface area contributed by atoms with Gasteiger partial charge in [-0.1, -0.05) is 34.1 Å². The van der Waals surface area contributed by atoms with E-state index in [1.165, 1.54) is 4.31 Å². The van der Waals surface area contributed by atoms with Gasteiger partial charge < -0.3 is 10.1 Å². The highest BCUT2D eigenvalue weighted by atomic mass is 79.9. The molecule has 0 unspecified atom stereocenters. The molecule has 1 atom stereocenters. The fourth-order valence-corrected chi connectivity index (χ4v) is 5.50. The summed E-state index contributed by atoms with van der Waals surface area (Å²) >= 11 is 3.44. The van der Waals surface area contributed by atoms with Gasteiger partial charge in [0, 0.05) is 28.8 Å². The lowest BCUT2D eigenvalue weighted by Crippen LogP contribution is -2.44. The predicted molar refractivity (Wildman–Crippen MR) is 106 cm³/mol. The number of fused-ring (bicyclic) bond motifs is 3. The van der Waals surface area contributed by atoms with Crippen molar-refractivity contribution in [3.8, 4) is 11.1 Å². The van der Waals surface area contributed by atoms with E-state index < -0.39 is 10.0 Å². The first-order valence-electron chi connectivity index (χ1n) is 8.77. The van der Waals surface area contributed by atoms with Crippen LogP contribution in [0.4, 0.5) is 5.69 Å². The molecule has 8 heteroatoms. The van der Waals surface area contributed by atoms with Crippen LogP contribution in [0, 0.1) is 0 Å². The lowest BCUT2D eigenvalue weighted by molar-refractivity contribution is -0.120. The van der Waals surface area contributed by atoms with E-state index in [9.17, 15) is 13.2 Å². The second-order valence-electron chi connectivity index (χ2n) is 6.61. The summed E-state index contributed by atoms with van der Waals surface area (Å²) in [6, 6.07) is 12.2. The van der Waals surface area contributed by atoms with E-state index in [-0.39, 0.29) is 23.5 Å². The minimum absolute atomic E-state index is 0.0101. The summed E-state index contributed by atoms with van der Waals surface area (Å²) in [5, 5.41) is 2.80. The van der Waals surface area contributed by atoms with Crippen LogP contribution < -0.4 is 9.62 Å². The number of halogens is 1. The summed E-state index contributed by atoms with van der Waals surface area (Å²) in [5.41, 5.74) is 1.93. The Labute approximate surface area is 166 Å². The molecule has 2 heterocycles. The third kappa shape index (κ3) is 3.49. The van der Waals surface area contributed by atoms with E-state index in [1.807, 2.05) is 12.1 Å². The monoisotopic (exact) mass is 450 g/mol. The van der Waals surface area contributed by atoms with Gasteiger partial charge in [-0.3, -0.25) is 9.10 Å². The summed E-state index contributed by atoms with van der Waals surface area (Å²) in [5.74, 6) is -0.345. The number of amides is 1. The molecule has 2 aliphatic heterocycles. The van der Waals surface area contributed by atoms with Crippen LogP contribution in [0.1, 0.15) is 12.8 Å². The smallest absolute Gasteiger partial charge is 0.265 e. The van der Waals surface area contributed by atoms with Gasteiger partial charge in [-0.2, -0.15) is 0 Å². The first-order valence-corrected chi connectivity index (χ1v) is 11.0. The zero-order valence-electron chi connectivity index (χ0n) is 14.5. The van der Waals surface area contributed by atoms with Gasteiger partial charge in [0.2, 0.25) is 5.91 Å². The molecule has 0 saturated carbocycles. The van der Waals surface area contributed by atoms with E-state index in [1.54, 1.807) is 30.3 Å². The van der Waals surface area contributed by atoms with Crippen LogP contribution in [0.15, 0.2) is 51.8 Å². The van der Waals surface area contributed by atoms with Gasteiger partial charge in [0.1, 0.15) is 6.54 Å². The maximum Gasteiger partial charge on any atom is 0.265 e. The SMILES string of the molecule is O=C(CN1c2ccc(Br)cc2-c2ccccc2S1(=O)=O)NC[C@@H]1CCCO1. The number of carbonyl (C=O) groups is 1. The molecule has 0 radical (unpaired) electrons. The van der Waals surface area contributed by atoms with Crippen LogP contribution in [-0.2, 0) is 19.6 Å². The minimum atomic E-state index is -3.82. The van der Waals surface area contributed by atoms with Gasteiger partial charge in [0.15, 0.2) is 0 Å². The van der Waals surface area contributed by atoms with Gasteiger partial charge in [0.25, 0.3) is 10.0 Å². The normalized spacial score (nSPS) is 20.0. The maximum atomic E-state index is 13.2. The topological polar surface area (TPSA) is 75.7 Å². The Hall–Kier alpha value is -1.90. The van der Waals surface area contributed by atoms with E-state index in [0.717, 1.165) is 22.9 Å². The Kier molecular flexibility index (Phi) is 4.96. The molecule has 1 N–H and O–H groups in total. The number of anilines is 1. The number of hydrogen-bond acceptors (Lipinski definition) is 4. The molecule has 0 spiro atoms. The minimum Gasteiger partial charge on any atom is -0.376 e. The number of ether oxygens (including phenoxy) is 1. The third-order valence-corrected chi connectivity index (χ3v) is 7.12. The van der Waals surface area contributed by atoms with Gasteiger partial charge in [-0.15, -0.1) is 0 Å². The molecule has 0 bridgehead atoms. The molecule has 27 heavy (non-hydrogen) atoms. The van der Waals surface area contributed by atoms with Crippen molar-refractivity contribution in [1.82, 2.24) is 5.32 Å². The molecule has 4 rings (SSSR count). The van der Waals surface area contributed by atoms with E-state index in [2.05, 4.69) is 21.2 Å². The van der Waals surface area contributed by atoms with E-state index in [4.69, 9.17) is 4.74 Å². The van der Waals surface area contributed by atoms with Crippen molar-refractivity contribution in [3.63, 3.8) is 0 Å². The molecule has 1 amide bonds. The summed E-state index contributed by atoms with van der Waals surface area (Å²) < 4.78 is 33.8. The van der Waals surface area contributed by atoms with Crippen LogP contribution in [-0.4, -0.2) is 40.1 Å². The number of nitrogens with zero attached hydrogens (tertiary/aromatic N) is 1. The lowest BCUT2D eigenvalue weighted by atomic mass is 10.0. The van der Waals surface area contributed by atoms with Crippen molar-refractivity contribution in [3.05, 3.63) is 46.9 Å². The van der Waals surface area contributed by atoms with Crippen molar-refractivity contribution < 1.29 is 17.9 Å². The van der Waals surface area contributed by atoms with E-state index in [0.29, 0.717) is 24.4 Å². The van der Waals surface area contributed by atoms with Crippen LogP contribution >= 0.6 is 15.9 Å². The second-order valence-corrected chi connectivity index (χ2v) is 9.35. The summed E-state index contributed by atoms with van der Waals surface area (Å²) in [4.78, 5) is 12.7. The number of carbonyl (C=O) groups excluding carboxylic acids is 1. The maximum absolute atomic E-state index is 13.2. The average Bonchev–Trinajstić information content (AvgIpc) is 3.17. The number of sulfonamides is 1. The molecule has 142 valence electrons. The molecule has 1 saturated heterocycles. The Bertz CT molecular complexity index is 987. The quantitative estimate of drug-likeness (QED) is 0.776. The third-order valence-electron chi connectivity index (χ3n) is 4.81. The fraction of sp³-hybridized carbons (Fsp3) is 0.316. The standard InChI is InChI=1S/C19H19BrN2O4S/c20-13-7-8-17-16(10-13)15-5-1-2-6-18(15)27(24,25)22(17)12-19(23)21-11-14-4-3-9-26-14/h1-2,5-8,10,14H,3-4,9,11-12H2,(H,21,23)/t14-/m0/s1. The van der Waals surface area contributed by atoms with E-state index >= 15 is 0 Å². The van der Waals surface area contributed by atoms with Crippen LogP contribution in [0.3, 0.4) is 0 Å². The molecule has 2 aromatic rings. The summed E-state index contributed by atoms with van der Waals surface area (Å²) in [6.45, 7) is 0.842. The number of benzene rings is 2. The molecule has 0 aromatic heterocycles. The average molecular weight is 451 g/mol. The second kappa shape index (κ2) is 7.26. The highest BCUT2D eigenvalue weighted by molar-refractivity contribution is 9.10. The van der Waals surface area contributed by atoms with Crippen LogP contribution in [0.25, 0.3) is 11.1 Å². The van der Waals surface area contributed by atoms with Gasteiger partial charge >= 0.3 is 0 Å². The highest BCUT2D eigenvalue weighted by Gasteiger charge is 2.36. The fourth-order valence-electron chi connectivity index (χ4n) is 3.49. The van der Waals surface area contributed by atoms with Gasteiger partial charge in [-0.25, -0.2) is 8.42 Å². The molecule has 2 aromatic carbocycles. The zero-order chi connectivity index (χ0) is 19.0. The Balaban J connectivity index is 1.65. The van der Waals surface area contributed by atoms with Crippen molar-refractivity contribution in [1.29, 1.82) is 0 Å². The van der Waals surface area contributed by atoms with Crippen molar-refractivity contribution in [2.45, 2.75) is 23.8 Å². The lowest BCUT2D eigenvalue weighted by Gasteiger charge is -2.31. The van der Waals surface area contributed by atoms with Gasteiger partial charge in [0.05, 0.1) is 16.7 Å². The van der Waals surface area contributed by atoms with Crippen LogP contribution in [0.5, 0.6) is 0 Å². The first-order chi connectivity index (χ1) is 13.0. The Morgan fingerprint density at radius 3 is 2.81 bits per heavy atom. The highest BCUT2D eigenvalue weighted by Crippen LogP contribution is 2.43. The number of nitrogens with one attached hydrogen (secondary N) is 1. The number of hydrogen-bond donors (Lipinski definition) is 1. The summed E-state index contributed by atoms with van der Waals surface area (Å²) in [7, 11) is -3.82. The summed E-state index contributed by atoms with van der Waals surface area (Å²) in [6.07, 6.45) is 1.91. The zero-order valence-corrected chi connectivity index (χ0v) is 16.9. The number of rotatable bonds is 4. The Morgan fingerprint density at radius 2 is 2.04 bits per heavy atom. The predicted octanol–water partition coefficient (Wildman–Crippen LogP) is 2.92. The molecule has 6 nitrogen and oxygen atoms in total. The Morgan fingerprint density at radius 1 is 1.22 bits per heavy atom. The molecule has 0 aliphatic carbocycles. The van der Waals surface area contributed by atoms with Crippen molar-refractivity contribution in [2.75, 3.05) is 24.0 Å². The molecule has 2 aliphatic rings.